The largest absolute Gasteiger partial charge is 0.483 e. The first-order valence-electron chi connectivity index (χ1n) is 11.0. The highest BCUT2D eigenvalue weighted by atomic mass is 32.1. The lowest BCUT2D eigenvalue weighted by atomic mass is 10.0. The van der Waals surface area contributed by atoms with E-state index >= 15 is 0 Å². The first-order valence-corrected chi connectivity index (χ1v) is 11.8. The van der Waals surface area contributed by atoms with Crippen LogP contribution in [0.25, 0.3) is 10.1 Å². The predicted molar refractivity (Wildman–Crippen MR) is 125 cm³/mol. The Morgan fingerprint density at radius 1 is 1.16 bits per heavy atom. The second-order valence-electron chi connectivity index (χ2n) is 8.02. The number of carbonyl (C=O) groups is 2. The summed E-state index contributed by atoms with van der Waals surface area (Å²) in [6.07, 6.45) is 2.71. The number of fused-ring (bicyclic) bond motifs is 1. The number of aryl methyl sites for hydroxylation is 1. The van der Waals surface area contributed by atoms with Crippen LogP contribution in [0, 0.1) is 12.7 Å². The standard InChI is InChI=1S/C25H27FN2O3S/c1-3-19(27-25(30)24-16(2)23-18(26)10-8-12-21(23)32-24)17-9-4-5-11-20(17)31-15-22(29)28-13-6-7-14-28/h4-5,8-12,19H,3,6-7,13-15H2,1-2H3,(H,27,30). The summed E-state index contributed by atoms with van der Waals surface area (Å²) in [6.45, 7) is 5.31. The van der Waals surface area contributed by atoms with E-state index in [1.165, 1.54) is 17.4 Å². The van der Waals surface area contributed by atoms with Gasteiger partial charge in [-0.3, -0.25) is 9.59 Å². The first-order chi connectivity index (χ1) is 15.5. The van der Waals surface area contributed by atoms with E-state index in [-0.39, 0.29) is 30.3 Å². The molecule has 1 aliphatic heterocycles. The Kier molecular flexibility index (Phi) is 6.74. The average Bonchev–Trinajstić information content (AvgIpc) is 3.45. The summed E-state index contributed by atoms with van der Waals surface area (Å²) >= 11 is 1.29. The van der Waals surface area contributed by atoms with E-state index in [1.807, 2.05) is 42.2 Å². The summed E-state index contributed by atoms with van der Waals surface area (Å²) < 4.78 is 20.9. The zero-order chi connectivity index (χ0) is 22.7. The van der Waals surface area contributed by atoms with Crippen LogP contribution >= 0.6 is 11.3 Å². The van der Waals surface area contributed by atoms with Crippen LogP contribution in [0.3, 0.4) is 0 Å². The maximum absolute atomic E-state index is 14.3. The molecule has 2 heterocycles. The van der Waals surface area contributed by atoms with Gasteiger partial charge in [0.05, 0.1) is 10.9 Å². The van der Waals surface area contributed by atoms with Crippen molar-refractivity contribution in [1.29, 1.82) is 0 Å². The maximum atomic E-state index is 14.3. The van der Waals surface area contributed by atoms with Crippen LogP contribution in [-0.4, -0.2) is 36.4 Å². The highest BCUT2D eigenvalue weighted by Gasteiger charge is 2.23. The Bertz CT molecular complexity index is 1140. The number of nitrogens with zero attached hydrogens (tertiary/aromatic N) is 1. The summed E-state index contributed by atoms with van der Waals surface area (Å²) in [5.41, 5.74) is 1.47. The zero-order valence-electron chi connectivity index (χ0n) is 18.3. The second kappa shape index (κ2) is 9.69. The molecule has 4 rings (SSSR count). The highest BCUT2D eigenvalue weighted by molar-refractivity contribution is 7.21. The molecule has 1 atom stereocenters. The van der Waals surface area contributed by atoms with Crippen molar-refractivity contribution in [3.05, 3.63) is 64.3 Å². The van der Waals surface area contributed by atoms with E-state index in [9.17, 15) is 14.0 Å². The van der Waals surface area contributed by atoms with Crippen LogP contribution in [0.4, 0.5) is 4.39 Å². The molecule has 2 amide bonds. The minimum absolute atomic E-state index is 0.0164. The Morgan fingerprint density at radius 2 is 1.91 bits per heavy atom. The van der Waals surface area contributed by atoms with Crippen LogP contribution < -0.4 is 10.1 Å². The normalized spacial score (nSPS) is 14.5. The van der Waals surface area contributed by atoms with Gasteiger partial charge in [0.2, 0.25) is 0 Å². The van der Waals surface area contributed by atoms with E-state index in [2.05, 4.69) is 5.32 Å². The molecule has 32 heavy (non-hydrogen) atoms. The number of ether oxygens (including phenoxy) is 1. The molecule has 7 heteroatoms. The smallest absolute Gasteiger partial charge is 0.262 e. The fourth-order valence-corrected chi connectivity index (χ4v) is 5.32. The van der Waals surface area contributed by atoms with Gasteiger partial charge < -0.3 is 15.0 Å². The second-order valence-corrected chi connectivity index (χ2v) is 9.07. The van der Waals surface area contributed by atoms with Crippen LogP contribution in [-0.2, 0) is 4.79 Å². The summed E-state index contributed by atoms with van der Waals surface area (Å²) in [5.74, 6) is 0.0188. The number of para-hydroxylation sites is 1. The molecule has 0 bridgehead atoms. The first kappa shape index (κ1) is 22.3. The van der Waals surface area contributed by atoms with Gasteiger partial charge in [-0.2, -0.15) is 0 Å². The van der Waals surface area contributed by atoms with Gasteiger partial charge in [0.15, 0.2) is 6.61 Å². The SMILES string of the molecule is CCC(NC(=O)c1sc2cccc(F)c2c1C)c1ccccc1OCC(=O)N1CCCC1. The number of amides is 2. The number of nitrogens with one attached hydrogen (secondary N) is 1. The Balaban J connectivity index is 1.52. The number of benzene rings is 2. The molecule has 0 aliphatic carbocycles. The van der Waals surface area contributed by atoms with Gasteiger partial charge in [-0.25, -0.2) is 4.39 Å². The fourth-order valence-electron chi connectivity index (χ4n) is 4.19. The topological polar surface area (TPSA) is 58.6 Å². The van der Waals surface area contributed by atoms with Gasteiger partial charge in [-0.1, -0.05) is 31.2 Å². The molecular formula is C25H27FN2O3S. The molecule has 0 spiro atoms. The summed E-state index contributed by atoms with van der Waals surface area (Å²) in [6, 6.07) is 12.1. The Hall–Kier alpha value is -2.93. The van der Waals surface area contributed by atoms with Crippen LogP contribution in [0.1, 0.15) is 53.0 Å². The number of rotatable bonds is 7. The van der Waals surface area contributed by atoms with E-state index < -0.39 is 0 Å². The van der Waals surface area contributed by atoms with Gasteiger partial charge in [-0.15, -0.1) is 11.3 Å². The molecule has 0 radical (unpaired) electrons. The van der Waals surface area contributed by atoms with Crippen LogP contribution in [0.15, 0.2) is 42.5 Å². The molecule has 1 fully saturated rings. The lowest BCUT2D eigenvalue weighted by Crippen LogP contribution is -2.32. The predicted octanol–water partition coefficient (Wildman–Crippen LogP) is 5.23. The van der Waals surface area contributed by atoms with Crippen molar-refractivity contribution in [1.82, 2.24) is 10.2 Å². The molecule has 1 aliphatic rings. The van der Waals surface area contributed by atoms with Crippen LogP contribution in [0.5, 0.6) is 5.75 Å². The minimum Gasteiger partial charge on any atom is -0.483 e. The van der Waals surface area contributed by atoms with Gasteiger partial charge in [0.1, 0.15) is 11.6 Å². The molecule has 1 N–H and O–H groups in total. The number of likely N-dealkylation sites (tertiary alicyclic amines) is 1. The van der Waals surface area contributed by atoms with E-state index in [4.69, 9.17) is 4.74 Å². The van der Waals surface area contributed by atoms with E-state index in [1.54, 1.807) is 13.0 Å². The van der Waals surface area contributed by atoms with Crippen molar-refractivity contribution in [2.24, 2.45) is 0 Å². The molecule has 1 saturated heterocycles. The number of hydrogen-bond acceptors (Lipinski definition) is 4. The molecule has 5 nitrogen and oxygen atoms in total. The van der Waals surface area contributed by atoms with Gasteiger partial charge >= 0.3 is 0 Å². The molecular weight excluding hydrogens is 427 g/mol. The molecule has 0 saturated carbocycles. The molecule has 3 aromatic rings. The van der Waals surface area contributed by atoms with Crippen molar-refractivity contribution in [2.75, 3.05) is 19.7 Å². The third-order valence-corrected chi connectivity index (χ3v) is 7.18. The number of thiophene rings is 1. The lowest BCUT2D eigenvalue weighted by Gasteiger charge is -2.21. The average molecular weight is 455 g/mol. The van der Waals surface area contributed by atoms with Crippen molar-refractivity contribution >= 4 is 33.2 Å². The van der Waals surface area contributed by atoms with E-state index in [0.717, 1.165) is 36.2 Å². The van der Waals surface area contributed by atoms with Crippen LogP contribution in [0.2, 0.25) is 0 Å². The molecule has 168 valence electrons. The fraction of sp³-hybridized carbons (Fsp3) is 0.360. The van der Waals surface area contributed by atoms with Gasteiger partial charge in [0, 0.05) is 28.7 Å². The quantitative estimate of drug-likeness (QED) is 0.532. The van der Waals surface area contributed by atoms with Gasteiger partial charge in [-0.05, 0) is 49.9 Å². The third kappa shape index (κ3) is 4.48. The maximum Gasteiger partial charge on any atom is 0.262 e. The number of carbonyl (C=O) groups excluding carboxylic acids is 2. The summed E-state index contributed by atoms with van der Waals surface area (Å²) in [4.78, 5) is 27.8. The van der Waals surface area contributed by atoms with Gasteiger partial charge in [0.25, 0.3) is 11.8 Å². The monoisotopic (exact) mass is 454 g/mol. The summed E-state index contributed by atoms with van der Waals surface area (Å²) in [5, 5.41) is 3.58. The van der Waals surface area contributed by atoms with Crippen molar-refractivity contribution in [2.45, 2.75) is 39.2 Å². The molecule has 2 aromatic carbocycles. The summed E-state index contributed by atoms with van der Waals surface area (Å²) in [7, 11) is 0. The third-order valence-electron chi connectivity index (χ3n) is 5.93. The van der Waals surface area contributed by atoms with Crippen molar-refractivity contribution < 1.29 is 18.7 Å². The van der Waals surface area contributed by atoms with Crippen molar-refractivity contribution in [3.63, 3.8) is 0 Å². The minimum atomic E-state index is -0.316. The molecule has 1 unspecified atom stereocenters. The van der Waals surface area contributed by atoms with Crippen molar-refractivity contribution in [3.8, 4) is 5.75 Å². The number of halogens is 1. The Morgan fingerprint density at radius 3 is 2.62 bits per heavy atom. The zero-order valence-corrected chi connectivity index (χ0v) is 19.1. The van der Waals surface area contributed by atoms with E-state index in [0.29, 0.717) is 28.0 Å². The highest BCUT2D eigenvalue weighted by Crippen LogP contribution is 2.34. The lowest BCUT2D eigenvalue weighted by molar-refractivity contribution is -0.132. The number of hydrogen-bond donors (Lipinski definition) is 1. The Labute approximate surface area is 191 Å². The molecule has 1 aromatic heterocycles.